The summed E-state index contributed by atoms with van der Waals surface area (Å²) in [5.41, 5.74) is 0.910. The number of para-hydroxylation sites is 1. The number of carboxylic acid groups (broad SMARTS) is 1. The average Bonchev–Trinajstić information content (AvgIpc) is 3.13. The summed E-state index contributed by atoms with van der Waals surface area (Å²) >= 11 is 5.56. The van der Waals surface area contributed by atoms with Crippen LogP contribution in [0.25, 0.3) is 0 Å². The number of hydrogen-bond acceptors (Lipinski definition) is 6. The van der Waals surface area contributed by atoms with Crippen LogP contribution in [0.1, 0.15) is 27.7 Å². The second-order valence-electron chi connectivity index (χ2n) is 6.35. The summed E-state index contributed by atoms with van der Waals surface area (Å²) in [5, 5.41) is 18.2. The van der Waals surface area contributed by atoms with Crippen LogP contribution in [0.3, 0.4) is 0 Å². The maximum Gasteiger partial charge on any atom is 0.327 e. The van der Waals surface area contributed by atoms with Crippen molar-refractivity contribution in [2.45, 2.75) is 23.1 Å². The molecule has 0 aromatic heterocycles. The molecular formula is C20H19NO5S2. The molecule has 28 heavy (non-hydrogen) atoms. The van der Waals surface area contributed by atoms with Gasteiger partial charge in [-0.3, -0.25) is 9.59 Å². The Balaban J connectivity index is 1.82. The predicted molar refractivity (Wildman–Crippen MR) is 110 cm³/mol. The van der Waals surface area contributed by atoms with E-state index in [9.17, 15) is 24.6 Å². The Morgan fingerprint density at radius 1 is 1.11 bits per heavy atom. The fourth-order valence-corrected chi connectivity index (χ4v) is 4.87. The molecule has 1 aliphatic heterocycles. The number of phenolic OH excluding ortho intramolecular Hbond substituents is 1. The minimum absolute atomic E-state index is 0.00776. The number of amides is 1. The molecule has 1 aliphatic rings. The molecular weight excluding hydrogens is 398 g/mol. The summed E-state index contributed by atoms with van der Waals surface area (Å²) in [5.74, 6) is -1.72. The number of phenols is 1. The lowest BCUT2D eigenvalue weighted by Gasteiger charge is -2.28. The van der Waals surface area contributed by atoms with E-state index in [1.54, 1.807) is 48.5 Å². The van der Waals surface area contributed by atoms with Crippen molar-refractivity contribution < 1.29 is 24.6 Å². The number of benzene rings is 2. The first-order valence-electron chi connectivity index (χ1n) is 8.61. The van der Waals surface area contributed by atoms with Gasteiger partial charge in [0.05, 0.1) is 5.25 Å². The normalized spacial score (nSPS) is 20.0. The Morgan fingerprint density at radius 2 is 1.75 bits per heavy atom. The Morgan fingerprint density at radius 3 is 2.39 bits per heavy atom. The molecule has 3 rings (SSSR count). The first-order chi connectivity index (χ1) is 13.4. The number of aliphatic carboxylic acids is 1. The van der Waals surface area contributed by atoms with E-state index in [0.717, 1.165) is 0 Å². The van der Waals surface area contributed by atoms with Gasteiger partial charge in [-0.05, 0) is 6.07 Å². The third-order valence-corrected chi connectivity index (χ3v) is 6.23. The van der Waals surface area contributed by atoms with Gasteiger partial charge in [-0.25, -0.2) is 4.79 Å². The van der Waals surface area contributed by atoms with Crippen LogP contribution in [0, 0.1) is 0 Å². The van der Waals surface area contributed by atoms with Crippen LogP contribution in [0.4, 0.5) is 0 Å². The number of nitrogens with zero attached hydrogens (tertiary/aromatic N) is 1. The second kappa shape index (κ2) is 8.70. The van der Waals surface area contributed by atoms with Gasteiger partial charge in [0.25, 0.3) is 0 Å². The zero-order chi connectivity index (χ0) is 20.3. The van der Waals surface area contributed by atoms with E-state index in [2.05, 4.69) is 12.6 Å². The van der Waals surface area contributed by atoms with Gasteiger partial charge in [0, 0.05) is 23.3 Å². The lowest BCUT2D eigenvalue weighted by molar-refractivity contribution is -0.149. The number of Topliss-reactive ketones (excluding diaryl/α,β-unsaturated/α-hetero) is 1. The zero-order valence-corrected chi connectivity index (χ0v) is 16.5. The maximum absolute atomic E-state index is 13.0. The third kappa shape index (κ3) is 4.18. The minimum Gasteiger partial charge on any atom is -0.508 e. The van der Waals surface area contributed by atoms with Gasteiger partial charge < -0.3 is 15.1 Å². The van der Waals surface area contributed by atoms with Gasteiger partial charge in [0.1, 0.15) is 17.2 Å². The molecule has 3 atom stereocenters. The molecule has 1 fully saturated rings. The molecule has 2 aromatic rings. The van der Waals surface area contributed by atoms with Crippen molar-refractivity contribution in [2.75, 3.05) is 5.75 Å². The van der Waals surface area contributed by atoms with E-state index in [1.165, 1.54) is 22.7 Å². The van der Waals surface area contributed by atoms with E-state index in [-0.39, 0.29) is 23.7 Å². The fourth-order valence-electron chi connectivity index (χ4n) is 3.10. The molecule has 146 valence electrons. The van der Waals surface area contributed by atoms with E-state index >= 15 is 0 Å². The number of thiol groups is 1. The summed E-state index contributed by atoms with van der Waals surface area (Å²) in [6, 6.07) is 14.0. The van der Waals surface area contributed by atoms with Crippen LogP contribution in [-0.4, -0.2) is 49.8 Å². The number of carbonyl (C=O) groups excluding carboxylic acids is 2. The lowest BCUT2D eigenvalue weighted by Crippen LogP contribution is -2.44. The van der Waals surface area contributed by atoms with Crippen molar-refractivity contribution in [1.82, 2.24) is 4.90 Å². The van der Waals surface area contributed by atoms with Gasteiger partial charge in [-0.15, -0.1) is 11.8 Å². The molecule has 1 amide bonds. The summed E-state index contributed by atoms with van der Waals surface area (Å²) in [6.07, 6.45) is -0.231. The van der Waals surface area contributed by atoms with Crippen LogP contribution in [-0.2, 0) is 9.59 Å². The van der Waals surface area contributed by atoms with Gasteiger partial charge in [-0.1, -0.05) is 48.5 Å². The molecule has 0 aliphatic carbocycles. The number of carbonyl (C=O) groups is 3. The SMILES string of the molecule is O=C(c1ccccc1)C(S)CC(=O)N1[C@@H](c2ccccc2O)SC[C@H]1C(=O)O. The van der Waals surface area contributed by atoms with Crippen molar-refractivity contribution in [3.63, 3.8) is 0 Å². The third-order valence-electron chi connectivity index (χ3n) is 4.51. The molecule has 2 aromatic carbocycles. The summed E-state index contributed by atoms with van der Waals surface area (Å²) in [4.78, 5) is 38.4. The smallest absolute Gasteiger partial charge is 0.327 e. The van der Waals surface area contributed by atoms with Crippen LogP contribution in [0.5, 0.6) is 5.75 Å². The molecule has 0 radical (unpaired) electrons. The highest BCUT2D eigenvalue weighted by molar-refractivity contribution is 7.99. The minimum atomic E-state index is -1.12. The average molecular weight is 418 g/mol. The standard InChI is InChI=1S/C20H19NO5S2/c22-15-9-5-4-8-13(15)19-21(14(11-28-19)20(25)26)17(23)10-16(27)18(24)12-6-2-1-3-7-12/h1-9,14,16,19,22,27H,10-11H2,(H,25,26)/t14-,16?,19+/m0/s1. The Hall–Kier alpha value is -2.45. The van der Waals surface area contributed by atoms with Crippen LogP contribution in [0.15, 0.2) is 54.6 Å². The molecule has 0 bridgehead atoms. The number of aromatic hydroxyl groups is 1. The van der Waals surface area contributed by atoms with Crippen LogP contribution in [0.2, 0.25) is 0 Å². The van der Waals surface area contributed by atoms with Gasteiger partial charge >= 0.3 is 5.97 Å². The largest absolute Gasteiger partial charge is 0.508 e. The number of rotatable bonds is 6. The summed E-state index contributed by atoms with van der Waals surface area (Å²) < 4.78 is 0. The molecule has 6 nitrogen and oxygen atoms in total. The zero-order valence-electron chi connectivity index (χ0n) is 14.8. The molecule has 0 spiro atoms. The Labute approximate surface area is 172 Å². The summed E-state index contributed by atoms with van der Waals surface area (Å²) in [7, 11) is 0. The van der Waals surface area contributed by atoms with Crippen molar-refractivity contribution in [2.24, 2.45) is 0 Å². The number of hydrogen-bond donors (Lipinski definition) is 3. The van der Waals surface area contributed by atoms with Crippen molar-refractivity contribution >= 4 is 42.1 Å². The molecule has 0 saturated carbocycles. The quantitative estimate of drug-likeness (QED) is 0.494. The Kier molecular flexibility index (Phi) is 6.31. The summed E-state index contributed by atoms with van der Waals surface area (Å²) in [6.45, 7) is 0. The topological polar surface area (TPSA) is 94.9 Å². The van der Waals surface area contributed by atoms with E-state index < -0.39 is 28.5 Å². The highest BCUT2D eigenvalue weighted by Gasteiger charge is 2.43. The van der Waals surface area contributed by atoms with Crippen molar-refractivity contribution in [3.8, 4) is 5.75 Å². The van der Waals surface area contributed by atoms with Crippen molar-refractivity contribution in [3.05, 3.63) is 65.7 Å². The lowest BCUT2D eigenvalue weighted by atomic mass is 10.0. The van der Waals surface area contributed by atoms with E-state index in [0.29, 0.717) is 11.1 Å². The fraction of sp³-hybridized carbons (Fsp3) is 0.250. The number of carboxylic acids is 1. The molecule has 1 saturated heterocycles. The van der Waals surface area contributed by atoms with Gasteiger partial charge in [-0.2, -0.15) is 12.6 Å². The maximum atomic E-state index is 13.0. The van der Waals surface area contributed by atoms with E-state index in [1.807, 2.05) is 0 Å². The molecule has 1 heterocycles. The molecule has 2 N–H and O–H groups in total. The van der Waals surface area contributed by atoms with Gasteiger partial charge in [0.2, 0.25) is 5.91 Å². The first-order valence-corrected chi connectivity index (χ1v) is 10.2. The van der Waals surface area contributed by atoms with Crippen molar-refractivity contribution in [1.29, 1.82) is 0 Å². The van der Waals surface area contributed by atoms with E-state index in [4.69, 9.17) is 0 Å². The van der Waals surface area contributed by atoms with Crippen LogP contribution >= 0.6 is 24.4 Å². The number of ketones is 1. The highest BCUT2D eigenvalue weighted by atomic mass is 32.2. The monoisotopic (exact) mass is 417 g/mol. The van der Waals surface area contributed by atoms with Gasteiger partial charge in [0.15, 0.2) is 5.78 Å². The highest BCUT2D eigenvalue weighted by Crippen LogP contribution is 2.44. The Bertz CT molecular complexity index is 889. The predicted octanol–water partition coefficient (Wildman–Crippen LogP) is 2.99. The molecule has 1 unspecified atom stereocenters. The van der Waals surface area contributed by atoms with Crippen LogP contribution < -0.4 is 0 Å². The first kappa shape index (κ1) is 20.3. The molecule has 8 heteroatoms. The number of thioether (sulfide) groups is 1. The second-order valence-corrected chi connectivity index (χ2v) is 8.09.